The Balaban J connectivity index is 0.00000420. The Hall–Kier alpha value is -1.96. The Morgan fingerprint density at radius 1 is 0.966 bits per heavy atom. The molecule has 1 N–H and O–H groups in total. The number of methoxy groups -OCH3 is 2. The summed E-state index contributed by atoms with van der Waals surface area (Å²) < 4.78 is 70.8. The van der Waals surface area contributed by atoms with Gasteiger partial charge in [0.15, 0.2) is 0 Å². The van der Waals surface area contributed by atoms with E-state index in [1.54, 1.807) is 0 Å². The van der Waals surface area contributed by atoms with Gasteiger partial charge in [-0.3, -0.25) is 4.55 Å². The molecular formula is C16H13NaO10S2. The average Bonchev–Trinajstić information content (AvgIpc) is 2.65. The maximum absolute atomic E-state index is 12.5. The van der Waals surface area contributed by atoms with E-state index in [2.05, 4.69) is 15.5 Å². The van der Waals surface area contributed by atoms with Crippen LogP contribution in [0, 0.1) is 6.07 Å². The van der Waals surface area contributed by atoms with Gasteiger partial charge in [-0.15, -0.1) is 6.07 Å². The molecule has 2 aromatic rings. The van der Waals surface area contributed by atoms with Gasteiger partial charge in [0.1, 0.15) is 4.90 Å². The number of hydrogen-bond donors (Lipinski definition) is 1. The van der Waals surface area contributed by atoms with Crippen LogP contribution in [0.2, 0.25) is 0 Å². The summed E-state index contributed by atoms with van der Waals surface area (Å²) in [6.07, 6.45) is 0. The van der Waals surface area contributed by atoms with Crippen LogP contribution in [0.5, 0.6) is 5.75 Å². The SMILES string of the molecule is COC(=O)c1ccc(S(=O)(=O)Oc2cc[c-]cc2S(=O)(=O)O)cc1C(=O)OC.[Na+]. The minimum Gasteiger partial charge on any atom is -0.465 e. The molecule has 0 fully saturated rings. The van der Waals surface area contributed by atoms with Crippen LogP contribution < -0.4 is 33.7 Å². The van der Waals surface area contributed by atoms with Crippen molar-refractivity contribution in [3.8, 4) is 5.75 Å². The van der Waals surface area contributed by atoms with Gasteiger partial charge in [-0.25, -0.2) is 18.0 Å². The molecular weight excluding hydrogens is 439 g/mol. The number of hydrogen-bond acceptors (Lipinski definition) is 9. The van der Waals surface area contributed by atoms with Crippen molar-refractivity contribution in [2.45, 2.75) is 9.79 Å². The van der Waals surface area contributed by atoms with Gasteiger partial charge in [-0.05, 0) is 18.2 Å². The van der Waals surface area contributed by atoms with Crippen LogP contribution in [0.4, 0.5) is 0 Å². The van der Waals surface area contributed by atoms with Gasteiger partial charge in [0.2, 0.25) is 10.1 Å². The fourth-order valence-electron chi connectivity index (χ4n) is 2.08. The van der Waals surface area contributed by atoms with Gasteiger partial charge in [0.25, 0.3) is 0 Å². The molecule has 0 aliphatic carbocycles. The number of rotatable bonds is 6. The first kappa shape index (κ1) is 25.1. The normalized spacial score (nSPS) is 11.1. The summed E-state index contributed by atoms with van der Waals surface area (Å²) in [6.45, 7) is 0. The van der Waals surface area contributed by atoms with Gasteiger partial charge >= 0.3 is 51.6 Å². The third-order valence-electron chi connectivity index (χ3n) is 3.36. The molecule has 0 aliphatic rings. The Bertz CT molecular complexity index is 1140. The zero-order chi connectivity index (χ0) is 21.1. The number of benzene rings is 2. The maximum atomic E-state index is 12.5. The van der Waals surface area contributed by atoms with Gasteiger partial charge in [0, 0.05) is 4.90 Å². The summed E-state index contributed by atoms with van der Waals surface area (Å²) in [5, 5.41) is 0. The summed E-state index contributed by atoms with van der Waals surface area (Å²) in [5.74, 6) is -2.60. The molecule has 13 heteroatoms. The second kappa shape index (κ2) is 9.69. The average molecular weight is 452 g/mol. The van der Waals surface area contributed by atoms with Crippen LogP contribution in [0.3, 0.4) is 0 Å². The summed E-state index contributed by atoms with van der Waals surface area (Å²) in [5.41, 5.74) is -0.656. The summed E-state index contributed by atoms with van der Waals surface area (Å²) in [6, 6.07) is 8.09. The van der Waals surface area contributed by atoms with E-state index in [1.807, 2.05) is 0 Å². The van der Waals surface area contributed by atoms with E-state index in [0.717, 1.165) is 44.6 Å². The predicted molar refractivity (Wildman–Crippen MR) is 92.0 cm³/mol. The Kier molecular flexibility index (Phi) is 8.38. The van der Waals surface area contributed by atoms with Crippen molar-refractivity contribution < 1.29 is 74.2 Å². The first-order valence-corrected chi connectivity index (χ1v) is 10.1. The summed E-state index contributed by atoms with van der Waals surface area (Å²) >= 11 is 0. The number of esters is 2. The van der Waals surface area contributed by atoms with Crippen molar-refractivity contribution >= 4 is 32.2 Å². The van der Waals surface area contributed by atoms with Crippen molar-refractivity contribution in [1.82, 2.24) is 0 Å². The fourth-order valence-corrected chi connectivity index (χ4v) is 3.69. The number of carbonyl (C=O) groups is 2. The van der Waals surface area contributed by atoms with Crippen molar-refractivity contribution in [1.29, 1.82) is 0 Å². The first-order chi connectivity index (χ1) is 13.0. The van der Waals surface area contributed by atoms with E-state index < -0.39 is 53.3 Å². The monoisotopic (exact) mass is 452 g/mol. The van der Waals surface area contributed by atoms with Crippen molar-refractivity contribution in [2.75, 3.05) is 14.2 Å². The van der Waals surface area contributed by atoms with Gasteiger partial charge in [0.05, 0.1) is 31.1 Å². The van der Waals surface area contributed by atoms with Crippen LogP contribution >= 0.6 is 0 Å². The molecule has 0 bridgehead atoms. The second-order valence-corrected chi connectivity index (χ2v) is 8.01. The molecule has 0 aliphatic heterocycles. The molecule has 0 atom stereocenters. The van der Waals surface area contributed by atoms with E-state index in [4.69, 9.17) is 4.18 Å². The predicted octanol–water partition coefficient (Wildman–Crippen LogP) is -1.92. The van der Waals surface area contributed by atoms with Gasteiger partial charge in [-0.1, -0.05) is 0 Å². The maximum Gasteiger partial charge on any atom is 1.00 e. The van der Waals surface area contributed by atoms with E-state index >= 15 is 0 Å². The molecule has 0 spiro atoms. The van der Waals surface area contributed by atoms with Crippen LogP contribution in [-0.4, -0.2) is 47.5 Å². The molecule has 2 aromatic carbocycles. The molecule has 0 heterocycles. The Morgan fingerprint density at radius 2 is 1.55 bits per heavy atom. The van der Waals surface area contributed by atoms with E-state index in [9.17, 15) is 31.0 Å². The summed E-state index contributed by atoms with van der Waals surface area (Å²) in [7, 11) is -7.35. The third-order valence-corrected chi connectivity index (χ3v) is 5.46. The molecule has 0 unspecified atom stereocenters. The fraction of sp³-hybridized carbons (Fsp3) is 0.125. The zero-order valence-corrected chi connectivity index (χ0v) is 19.0. The van der Waals surface area contributed by atoms with Crippen molar-refractivity contribution in [3.63, 3.8) is 0 Å². The quantitative estimate of drug-likeness (QED) is 0.173. The smallest absolute Gasteiger partial charge is 0.465 e. The van der Waals surface area contributed by atoms with Crippen LogP contribution in [-0.2, 0) is 29.7 Å². The molecule has 0 saturated heterocycles. The van der Waals surface area contributed by atoms with Gasteiger partial charge < -0.3 is 13.7 Å². The number of ether oxygens (including phenoxy) is 2. The van der Waals surface area contributed by atoms with E-state index in [1.165, 1.54) is 6.07 Å². The largest absolute Gasteiger partial charge is 1.00 e. The van der Waals surface area contributed by atoms with E-state index in [0.29, 0.717) is 0 Å². The van der Waals surface area contributed by atoms with E-state index in [-0.39, 0.29) is 35.1 Å². The molecule has 0 amide bonds. The summed E-state index contributed by atoms with van der Waals surface area (Å²) in [4.78, 5) is 22.3. The van der Waals surface area contributed by atoms with Crippen molar-refractivity contribution in [3.05, 3.63) is 53.6 Å². The topological polar surface area (TPSA) is 150 Å². The second-order valence-electron chi connectivity index (χ2n) is 5.08. The zero-order valence-electron chi connectivity index (χ0n) is 15.4. The standard InChI is InChI=1S/C16H13O10S2.Na/c1-24-15(17)11-8-7-10(9-12(11)16(18)25-2)28(22,23)26-13-5-3-4-6-14(13)27(19,20)21;/h3,5-9H,1-2H3,(H,19,20,21);/q-1;+1. The van der Waals surface area contributed by atoms with Gasteiger partial charge in [-0.2, -0.15) is 26.6 Å². The first-order valence-electron chi connectivity index (χ1n) is 7.24. The molecule has 0 saturated carbocycles. The Labute approximate surface area is 188 Å². The Morgan fingerprint density at radius 3 is 2.10 bits per heavy atom. The molecule has 0 aromatic heterocycles. The molecule has 10 nitrogen and oxygen atoms in total. The van der Waals surface area contributed by atoms with Crippen LogP contribution in [0.25, 0.3) is 0 Å². The third kappa shape index (κ3) is 5.78. The molecule has 150 valence electrons. The van der Waals surface area contributed by atoms with Crippen LogP contribution in [0.1, 0.15) is 20.7 Å². The molecule has 2 rings (SSSR count). The van der Waals surface area contributed by atoms with Crippen LogP contribution in [0.15, 0.2) is 46.2 Å². The van der Waals surface area contributed by atoms with Crippen molar-refractivity contribution in [2.24, 2.45) is 0 Å². The minimum atomic E-state index is -4.79. The minimum absolute atomic E-state index is 0. The molecule has 0 radical (unpaired) electrons. The number of carbonyl (C=O) groups excluding carboxylic acids is 2. The molecule has 29 heavy (non-hydrogen) atoms.